The molecule has 0 aliphatic carbocycles. The second-order valence-corrected chi connectivity index (χ2v) is 21.0. The molecule has 6 atom stereocenters. The number of ether oxygens (including phenoxy) is 7. The molecule has 0 aromatic heterocycles. The Labute approximate surface area is 430 Å². The van der Waals surface area contributed by atoms with Crippen LogP contribution in [0.15, 0.2) is 0 Å². The Morgan fingerprint density at radius 2 is 0.761 bits per heavy atom. The Morgan fingerprint density at radius 3 is 1.10 bits per heavy atom. The van der Waals surface area contributed by atoms with Crippen LogP contribution < -0.4 is 0 Å². The van der Waals surface area contributed by atoms with E-state index in [9.17, 15) is 39.3 Å². The maximum atomic E-state index is 13.4. The topological polar surface area (TPSA) is 211 Å². The van der Waals surface area contributed by atoms with Crippen LogP contribution in [0.25, 0.3) is 0 Å². The van der Waals surface area contributed by atoms with Crippen molar-refractivity contribution in [2.24, 2.45) is 45.8 Å². The number of carbonyl (C=O) groups excluding carboxylic acids is 5. The van der Waals surface area contributed by atoms with Gasteiger partial charge in [0.2, 0.25) is 0 Å². The third-order valence-electron chi connectivity index (χ3n) is 13.8. The standard InChI is InChI=1S/C56H104O15/c1-11-19-27-46(16-6)51(62)69-41-54(32-57,35-65-31-49(60)45(15-5)25-14-4)36-66-37-55(33-58,40-68-50(61)30-24-22-23-26-44(9)10)38-67-39-56(34-59,42-70-52(63)47(17-7)28-20-12-2)43-71-53(64)48(18-8)29-21-13-3/h44-48,57-59H,11-43H2,1-10H3. The van der Waals surface area contributed by atoms with Crippen molar-refractivity contribution < 1.29 is 72.5 Å². The molecular formula is C56H104O15. The fourth-order valence-corrected chi connectivity index (χ4v) is 8.33. The first kappa shape index (κ1) is 68.3. The molecule has 0 saturated carbocycles. The van der Waals surface area contributed by atoms with Crippen molar-refractivity contribution in [3.05, 3.63) is 0 Å². The van der Waals surface area contributed by atoms with E-state index in [-0.39, 0.29) is 102 Å². The Morgan fingerprint density at radius 1 is 0.394 bits per heavy atom. The molecule has 0 aromatic carbocycles. The summed E-state index contributed by atoms with van der Waals surface area (Å²) >= 11 is 0. The maximum absolute atomic E-state index is 13.4. The molecule has 3 N–H and O–H groups in total. The number of aliphatic hydroxyl groups is 3. The van der Waals surface area contributed by atoms with E-state index in [1.54, 1.807) is 0 Å². The molecule has 418 valence electrons. The zero-order chi connectivity index (χ0) is 53.6. The third-order valence-corrected chi connectivity index (χ3v) is 13.8. The first-order valence-electron chi connectivity index (χ1n) is 27.8. The number of hydrogen-bond acceptors (Lipinski definition) is 15. The maximum Gasteiger partial charge on any atom is 0.308 e. The monoisotopic (exact) mass is 1020 g/mol. The van der Waals surface area contributed by atoms with E-state index in [2.05, 4.69) is 13.8 Å². The number of carbonyl (C=O) groups is 5. The summed E-state index contributed by atoms with van der Waals surface area (Å²) in [5, 5.41) is 33.2. The lowest BCUT2D eigenvalue weighted by atomic mass is 9.89. The molecule has 0 fully saturated rings. The molecule has 0 aromatic rings. The minimum atomic E-state index is -1.40. The van der Waals surface area contributed by atoms with E-state index in [0.29, 0.717) is 57.3 Å². The van der Waals surface area contributed by atoms with E-state index in [0.717, 1.165) is 70.6 Å². The molecule has 15 nitrogen and oxygen atoms in total. The Hall–Kier alpha value is -2.69. The van der Waals surface area contributed by atoms with Gasteiger partial charge in [-0.05, 0) is 63.7 Å². The van der Waals surface area contributed by atoms with E-state index >= 15 is 0 Å². The van der Waals surface area contributed by atoms with Gasteiger partial charge in [0.1, 0.15) is 33.0 Å². The van der Waals surface area contributed by atoms with Crippen LogP contribution in [-0.2, 0) is 57.1 Å². The predicted octanol–water partition coefficient (Wildman–Crippen LogP) is 9.80. The first-order chi connectivity index (χ1) is 34.0. The summed E-state index contributed by atoms with van der Waals surface area (Å²) in [5.74, 6) is -2.41. The van der Waals surface area contributed by atoms with Crippen LogP contribution in [0.1, 0.15) is 198 Å². The van der Waals surface area contributed by atoms with E-state index < -0.39 is 59.9 Å². The van der Waals surface area contributed by atoms with Crippen LogP contribution >= 0.6 is 0 Å². The van der Waals surface area contributed by atoms with Crippen molar-refractivity contribution in [3.63, 3.8) is 0 Å². The van der Waals surface area contributed by atoms with Crippen molar-refractivity contribution in [2.75, 3.05) is 85.9 Å². The third kappa shape index (κ3) is 28.5. The lowest BCUT2D eigenvalue weighted by Crippen LogP contribution is -2.47. The average molecular weight is 1020 g/mol. The van der Waals surface area contributed by atoms with E-state index in [1.807, 2.05) is 55.4 Å². The van der Waals surface area contributed by atoms with Gasteiger partial charge >= 0.3 is 23.9 Å². The molecule has 0 aliphatic heterocycles. The molecule has 0 radical (unpaired) electrons. The second-order valence-electron chi connectivity index (χ2n) is 21.0. The van der Waals surface area contributed by atoms with Gasteiger partial charge in [-0.25, -0.2) is 0 Å². The highest BCUT2D eigenvalue weighted by atomic mass is 16.6. The van der Waals surface area contributed by atoms with Crippen LogP contribution in [0, 0.1) is 45.8 Å². The second kappa shape index (κ2) is 40.7. The molecule has 15 heteroatoms. The van der Waals surface area contributed by atoms with Crippen molar-refractivity contribution >= 4 is 29.7 Å². The highest BCUT2D eigenvalue weighted by Gasteiger charge is 2.40. The van der Waals surface area contributed by atoms with Crippen LogP contribution in [0.5, 0.6) is 0 Å². The van der Waals surface area contributed by atoms with Crippen LogP contribution in [0.4, 0.5) is 0 Å². The summed E-state index contributed by atoms with van der Waals surface area (Å²) in [6, 6.07) is 0. The lowest BCUT2D eigenvalue weighted by Gasteiger charge is -2.36. The molecule has 6 unspecified atom stereocenters. The SMILES string of the molecule is CCCCC(CC)C(=O)OCC(CO)(COCC(=O)C(CC)CCC)COCC(CO)(COCC(CO)(COC(=O)C(CC)CCCC)COC(=O)C(CC)CCCC)COC(=O)CCCCCC(C)C. The molecule has 0 saturated heterocycles. The van der Waals surface area contributed by atoms with Gasteiger partial charge in [-0.15, -0.1) is 0 Å². The summed E-state index contributed by atoms with van der Waals surface area (Å²) in [6.45, 7) is 15.8. The van der Waals surface area contributed by atoms with Gasteiger partial charge in [-0.3, -0.25) is 24.0 Å². The lowest BCUT2D eigenvalue weighted by molar-refractivity contribution is -0.172. The smallest absolute Gasteiger partial charge is 0.308 e. The molecule has 0 aliphatic rings. The number of aliphatic hydroxyl groups excluding tert-OH is 3. The number of esters is 4. The molecule has 0 amide bonds. The number of rotatable bonds is 48. The summed E-state index contributed by atoms with van der Waals surface area (Å²) in [7, 11) is 0. The van der Waals surface area contributed by atoms with Crippen molar-refractivity contribution in [2.45, 2.75) is 198 Å². The number of hydrogen-bond donors (Lipinski definition) is 3. The van der Waals surface area contributed by atoms with Gasteiger partial charge < -0.3 is 48.5 Å². The Balaban J connectivity index is 6.86. The molecule has 0 spiro atoms. The van der Waals surface area contributed by atoms with Gasteiger partial charge in [0.25, 0.3) is 0 Å². The van der Waals surface area contributed by atoms with Crippen LogP contribution in [-0.4, -0.2) is 131 Å². The van der Waals surface area contributed by atoms with Crippen molar-refractivity contribution in [1.29, 1.82) is 0 Å². The number of unbranched alkanes of at least 4 members (excludes halogenated alkanes) is 5. The van der Waals surface area contributed by atoms with Crippen molar-refractivity contribution in [3.8, 4) is 0 Å². The highest BCUT2D eigenvalue weighted by Crippen LogP contribution is 2.29. The summed E-state index contributed by atoms with van der Waals surface area (Å²) < 4.78 is 42.0. The van der Waals surface area contributed by atoms with E-state index in [1.165, 1.54) is 0 Å². The Kier molecular flexibility index (Phi) is 39.1. The van der Waals surface area contributed by atoms with Crippen LogP contribution in [0.3, 0.4) is 0 Å². The number of Topliss-reactive ketones (excluding diaryl/α,β-unsaturated/α-hetero) is 1. The summed E-state index contributed by atoms with van der Waals surface area (Å²) in [5.41, 5.74) is -4.11. The molecule has 71 heavy (non-hydrogen) atoms. The molecule has 0 bridgehead atoms. The molecular weight excluding hydrogens is 913 g/mol. The zero-order valence-electron chi connectivity index (χ0n) is 46.5. The summed E-state index contributed by atoms with van der Waals surface area (Å²) in [6.07, 6.45) is 14.9. The average Bonchev–Trinajstić information content (AvgIpc) is 3.37. The van der Waals surface area contributed by atoms with Gasteiger partial charge in [-0.2, -0.15) is 0 Å². The van der Waals surface area contributed by atoms with Gasteiger partial charge in [-0.1, -0.05) is 133 Å². The molecule has 0 rings (SSSR count). The van der Waals surface area contributed by atoms with Crippen LogP contribution in [0.2, 0.25) is 0 Å². The zero-order valence-corrected chi connectivity index (χ0v) is 46.5. The number of ketones is 1. The largest absolute Gasteiger partial charge is 0.465 e. The van der Waals surface area contributed by atoms with Gasteiger partial charge in [0.05, 0.1) is 86.9 Å². The van der Waals surface area contributed by atoms with Gasteiger partial charge in [0.15, 0.2) is 5.78 Å². The quantitative estimate of drug-likeness (QED) is 0.0294. The first-order valence-corrected chi connectivity index (χ1v) is 27.8. The fraction of sp³-hybridized carbons (Fsp3) is 0.911. The predicted molar refractivity (Wildman–Crippen MR) is 276 cm³/mol. The normalized spacial score (nSPS) is 16.0. The highest BCUT2D eigenvalue weighted by molar-refractivity contribution is 5.82. The van der Waals surface area contributed by atoms with Gasteiger partial charge in [0, 0.05) is 12.3 Å². The fourth-order valence-electron chi connectivity index (χ4n) is 8.33. The van der Waals surface area contributed by atoms with E-state index in [4.69, 9.17) is 33.2 Å². The molecule has 0 heterocycles. The van der Waals surface area contributed by atoms with Crippen molar-refractivity contribution in [1.82, 2.24) is 0 Å². The summed E-state index contributed by atoms with van der Waals surface area (Å²) in [4.78, 5) is 66.4. The minimum absolute atomic E-state index is 0.0604. The minimum Gasteiger partial charge on any atom is -0.465 e. The Bertz CT molecular complexity index is 1370.